The molecule has 4 N–H and O–H groups in total. The van der Waals surface area contributed by atoms with E-state index in [9.17, 15) is 19.5 Å². The van der Waals surface area contributed by atoms with Crippen molar-refractivity contribution in [3.8, 4) is 5.75 Å². The lowest BCUT2D eigenvalue weighted by Gasteiger charge is -2.24. The molecule has 0 saturated carbocycles. The van der Waals surface area contributed by atoms with E-state index in [4.69, 9.17) is 9.94 Å². The molecular formula is C23H26N2O6. The first-order chi connectivity index (χ1) is 14.8. The van der Waals surface area contributed by atoms with Gasteiger partial charge in [-0.25, -0.2) is 10.3 Å². The maximum atomic E-state index is 12.5. The Labute approximate surface area is 180 Å². The minimum atomic E-state index is -0.657. The number of carbonyl (C=O) groups is 3. The molecule has 0 heterocycles. The van der Waals surface area contributed by atoms with Crippen molar-refractivity contribution in [2.24, 2.45) is 5.92 Å². The average molecular weight is 426 g/mol. The van der Waals surface area contributed by atoms with Crippen molar-refractivity contribution in [1.82, 2.24) is 5.48 Å². The fraction of sp³-hybridized carbons (Fsp3) is 0.261. The highest BCUT2D eigenvalue weighted by molar-refractivity contribution is 5.95. The summed E-state index contributed by atoms with van der Waals surface area (Å²) in [7, 11) is 0. The molecule has 8 heteroatoms. The van der Waals surface area contributed by atoms with Gasteiger partial charge in [-0.05, 0) is 67.6 Å². The standard InChI is InChI=1S/C23H26N2O6/c1-15(5-3-4-6-21(28)25-30)22(18-9-13-20(27)14-10-18)31-23(29)24-19-11-7-17(8-12-19)16(2)26/h4,6-15,22,27,30H,3,5H2,1-2H3,(H,24,29)(H,25,28)/b6-4+/t15-,22+/m0/s1. The number of ketones is 1. The van der Waals surface area contributed by atoms with E-state index in [1.165, 1.54) is 30.6 Å². The van der Waals surface area contributed by atoms with Gasteiger partial charge in [0.25, 0.3) is 5.91 Å². The Morgan fingerprint density at radius 3 is 2.29 bits per heavy atom. The number of carbonyl (C=O) groups excluding carboxylic acids is 3. The van der Waals surface area contributed by atoms with E-state index in [2.05, 4.69) is 5.32 Å². The highest BCUT2D eigenvalue weighted by Crippen LogP contribution is 2.31. The minimum absolute atomic E-state index is 0.0686. The van der Waals surface area contributed by atoms with Crippen LogP contribution in [-0.4, -0.2) is 28.1 Å². The quantitative estimate of drug-likeness (QED) is 0.204. The maximum Gasteiger partial charge on any atom is 0.412 e. The van der Waals surface area contributed by atoms with Gasteiger partial charge in [0.05, 0.1) is 0 Å². The summed E-state index contributed by atoms with van der Waals surface area (Å²) in [6.45, 7) is 3.37. The lowest BCUT2D eigenvalue weighted by molar-refractivity contribution is -0.124. The molecule has 2 amide bonds. The number of allylic oxidation sites excluding steroid dienone is 1. The summed E-state index contributed by atoms with van der Waals surface area (Å²) in [5.41, 5.74) is 3.26. The molecule has 2 aromatic rings. The van der Waals surface area contributed by atoms with Gasteiger partial charge in [0, 0.05) is 17.3 Å². The molecule has 0 fully saturated rings. The molecule has 0 radical (unpaired) electrons. The predicted molar refractivity (Wildman–Crippen MR) is 115 cm³/mol. The third-order valence-corrected chi connectivity index (χ3v) is 4.68. The third-order valence-electron chi connectivity index (χ3n) is 4.68. The van der Waals surface area contributed by atoms with Crippen molar-refractivity contribution in [2.45, 2.75) is 32.8 Å². The van der Waals surface area contributed by atoms with Gasteiger partial charge in [-0.1, -0.05) is 25.1 Å². The number of benzene rings is 2. The molecular weight excluding hydrogens is 400 g/mol. The molecule has 0 unspecified atom stereocenters. The Balaban J connectivity index is 2.07. The van der Waals surface area contributed by atoms with E-state index in [1.54, 1.807) is 42.5 Å². The molecule has 2 rings (SSSR count). The van der Waals surface area contributed by atoms with Gasteiger partial charge in [-0.15, -0.1) is 0 Å². The summed E-state index contributed by atoms with van der Waals surface area (Å²) in [5.74, 6) is -0.699. The maximum absolute atomic E-state index is 12.5. The number of nitrogens with one attached hydrogen (secondary N) is 2. The first-order valence-electron chi connectivity index (χ1n) is 9.78. The fourth-order valence-corrected chi connectivity index (χ4v) is 2.97. The molecule has 0 aromatic heterocycles. The summed E-state index contributed by atoms with van der Waals surface area (Å²) in [5, 5.41) is 20.7. The molecule has 0 aliphatic carbocycles. The van der Waals surface area contributed by atoms with Crippen LogP contribution in [0.4, 0.5) is 10.5 Å². The van der Waals surface area contributed by atoms with Gasteiger partial charge >= 0.3 is 6.09 Å². The Bertz CT molecular complexity index is 922. The normalized spacial score (nSPS) is 12.7. The fourth-order valence-electron chi connectivity index (χ4n) is 2.97. The number of phenolic OH excluding ortho intramolecular Hbond substituents is 1. The van der Waals surface area contributed by atoms with Crippen molar-refractivity contribution >= 4 is 23.5 Å². The number of Topliss-reactive ketones (excluding diaryl/α,β-unsaturated/α-hetero) is 1. The van der Waals surface area contributed by atoms with Crippen molar-refractivity contribution in [3.63, 3.8) is 0 Å². The number of hydrogen-bond acceptors (Lipinski definition) is 6. The summed E-state index contributed by atoms with van der Waals surface area (Å²) < 4.78 is 5.68. The number of anilines is 1. The molecule has 2 aromatic carbocycles. The summed E-state index contributed by atoms with van der Waals surface area (Å²) in [4.78, 5) is 34.9. The first kappa shape index (κ1) is 23.6. The van der Waals surface area contributed by atoms with E-state index < -0.39 is 18.1 Å². The van der Waals surface area contributed by atoms with Gasteiger partial charge < -0.3 is 9.84 Å². The molecule has 164 valence electrons. The number of phenols is 1. The van der Waals surface area contributed by atoms with Crippen LogP contribution < -0.4 is 10.8 Å². The van der Waals surface area contributed by atoms with E-state index in [1.807, 2.05) is 6.92 Å². The van der Waals surface area contributed by atoms with Crippen LogP contribution in [0.3, 0.4) is 0 Å². The van der Waals surface area contributed by atoms with Crippen molar-refractivity contribution < 1.29 is 29.4 Å². The second-order valence-electron chi connectivity index (χ2n) is 7.11. The SMILES string of the molecule is CC(=O)c1ccc(NC(=O)O[C@@H](c2ccc(O)cc2)[C@@H](C)CC/C=C/C(=O)NO)cc1. The highest BCUT2D eigenvalue weighted by Gasteiger charge is 2.23. The van der Waals surface area contributed by atoms with Gasteiger partial charge in [0.2, 0.25) is 0 Å². The Kier molecular flexibility index (Phi) is 8.78. The van der Waals surface area contributed by atoms with Crippen LogP contribution in [0.2, 0.25) is 0 Å². The highest BCUT2D eigenvalue weighted by atomic mass is 16.6. The zero-order valence-corrected chi connectivity index (χ0v) is 17.4. The van der Waals surface area contributed by atoms with Crippen molar-refractivity contribution in [1.29, 1.82) is 0 Å². The van der Waals surface area contributed by atoms with E-state index >= 15 is 0 Å². The second kappa shape index (κ2) is 11.5. The summed E-state index contributed by atoms with van der Waals surface area (Å²) in [6.07, 6.45) is 2.71. The molecule has 0 saturated heterocycles. The number of ether oxygens (including phenoxy) is 1. The topological polar surface area (TPSA) is 125 Å². The Hall–Kier alpha value is -3.65. The van der Waals surface area contributed by atoms with Crippen LogP contribution in [0.15, 0.2) is 60.7 Å². The summed E-state index contributed by atoms with van der Waals surface area (Å²) in [6, 6.07) is 12.9. The zero-order valence-electron chi connectivity index (χ0n) is 17.4. The van der Waals surface area contributed by atoms with Crippen LogP contribution >= 0.6 is 0 Å². The van der Waals surface area contributed by atoms with Gasteiger partial charge in [-0.3, -0.25) is 20.1 Å². The molecule has 8 nitrogen and oxygen atoms in total. The number of hydrogen-bond donors (Lipinski definition) is 4. The van der Waals surface area contributed by atoms with Crippen LogP contribution in [0, 0.1) is 5.92 Å². The van der Waals surface area contributed by atoms with E-state index in [0.29, 0.717) is 29.7 Å². The van der Waals surface area contributed by atoms with Crippen molar-refractivity contribution in [2.75, 3.05) is 5.32 Å². The second-order valence-corrected chi connectivity index (χ2v) is 7.11. The number of rotatable bonds is 9. The molecule has 0 bridgehead atoms. The molecule has 0 aliphatic rings. The van der Waals surface area contributed by atoms with E-state index in [-0.39, 0.29) is 17.5 Å². The average Bonchev–Trinajstić information content (AvgIpc) is 2.75. The Morgan fingerprint density at radius 2 is 1.71 bits per heavy atom. The van der Waals surface area contributed by atoms with E-state index in [0.717, 1.165) is 0 Å². The zero-order chi connectivity index (χ0) is 22.8. The smallest absolute Gasteiger partial charge is 0.412 e. The van der Waals surface area contributed by atoms with Gasteiger partial charge in [0.1, 0.15) is 11.9 Å². The predicted octanol–water partition coefficient (Wildman–Crippen LogP) is 4.36. The number of aromatic hydroxyl groups is 1. The number of hydroxylamine groups is 1. The minimum Gasteiger partial charge on any atom is -0.508 e. The van der Waals surface area contributed by atoms with Crippen LogP contribution in [0.1, 0.15) is 48.7 Å². The van der Waals surface area contributed by atoms with Gasteiger partial charge in [-0.2, -0.15) is 0 Å². The first-order valence-corrected chi connectivity index (χ1v) is 9.78. The number of amides is 2. The Morgan fingerprint density at radius 1 is 1.06 bits per heavy atom. The molecule has 2 atom stereocenters. The summed E-state index contributed by atoms with van der Waals surface area (Å²) >= 11 is 0. The molecule has 0 spiro atoms. The van der Waals surface area contributed by atoms with Crippen LogP contribution in [0.25, 0.3) is 0 Å². The van der Waals surface area contributed by atoms with Gasteiger partial charge in [0.15, 0.2) is 5.78 Å². The third kappa shape index (κ3) is 7.60. The van der Waals surface area contributed by atoms with Crippen LogP contribution in [-0.2, 0) is 9.53 Å². The van der Waals surface area contributed by atoms with Crippen LogP contribution in [0.5, 0.6) is 5.75 Å². The molecule has 31 heavy (non-hydrogen) atoms. The van der Waals surface area contributed by atoms with Crippen molar-refractivity contribution in [3.05, 3.63) is 71.8 Å². The molecule has 0 aliphatic heterocycles. The largest absolute Gasteiger partial charge is 0.508 e. The lowest BCUT2D eigenvalue weighted by Crippen LogP contribution is -2.22. The lowest BCUT2D eigenvalue weighted by atomic mass is 9.93. The monoisotopic (exact) mass is 426 g/mol.